The molecule has 0 bridgehead atoms. The van der Waals surface area contributed by atoms with Gasteiger partial charge < -0.3 is 15.2 Å². The van der Waals surface area contributed by atoms with E-state index in [1.807, 2.05) is 24.4 Å². The topological polar surface area (TPSA) is 110 Å². The van der Waals surface area contributed by atoms with Crippen molar-refractivity contribution in [3.63, 3.8) is 0 Å². The van der Waals surface area contributed by atoms with E-state index in [4.69, 9.17) is 19.8 Å². The van der Waals surface area contributed by atoms with Gasteiger partial charge in [-0.1, -0.05) is 72.8 Å². The van der Waals surface area contributed by atoms with Crippen molar-refractivity contribution in [1.29, 1.82) is 0 Å². The van der Waals surface area contributed by atoms with Gasteiger partial charge in [-0.05, 0) is 5.56 Å². The number of hydrogen-bond acceptors (Lipinski definition) is 5. The molecular weight excluding hydrogens is 558 g/mol. The minimum Gasteiger partial charge on any atom is -0.475 e. The number of H-pyrrole nitrogens is 1. The monoisotopic (exact) mass is 586 g/mol. The fourth-order valence-electron chi connectivity index (χ4n) is 3.46. The molecule has 0 aliphatic carbocycles. The predicted octanol–water partition coefficient (Wildman–Crippen LogP) is 5.17. The number of alkyl halides is 6. The second kappa shape index (κ2) is 15.6. The van der Waals surface area contributed by atoms with Crippen LogP contribution in [0.15, 0.2) is 72.9 Å². The number of aromatic amines is 1. The van der Waals surface area contributed by atoms with Gasteiger partial charge in [-0.3, -0.25) is 9.80 Å². The van der Waals surface area contributed by atoms with Crippen LogP contribution >= 0.6 is 0 Å². The molecule has 1 fully saturated rings. The number of aromatic nitrogens is 2. The number of imidazole rings is 1. The average molecular weight is 587 g/mol. The number of carbonyl (C=O) groups is 2. The number of aliphatic carboxylic acids is 2. The fraction of sp³-hybridized carbons (Fsp3) is 0.296. The Bertz CT molecular complexity index is 1220. The molecule has 41 heavy (non-hydrogen) atoms. The molecule has 0 radical (unpaired) electrons. The van der Waals surface area contributed by atoms with E-state index in [0.29, 0.717) is 0 Å². The molecule has 2 aromatic carbocycles. The van der Waals surface area contributed by atoms with E-state index in [2.05, 4.69) is 74.4 Å². The predicted molar refractivity (Wildman–Crippen MR) is 139 cm³/mol. The molecule has 14 heteroatoms. The average Bonchev–Trinajstić information content (AvgIpc) is 3.39. The maximum Gasteiger partial charge on any atom is 0.490 e. The summed E-state index contributed by atoms with van der Waals surface area (Å²) in [5, 5.41) is 14.2. The number of carboxylic acids is 2. The first-order chi connectivity index (χ1) is 19.3. The van der Waals surface area contributed by atoms with Gasteiger partial charge in [-0.25, -0.2) is 14.6 Å². The van der Waals surface area contributed by atoms with E-state index in [9.17, 15) is 26.3 Å². The number of hydrogen-bond donors (Lipinski definition) is 3. The number of nitrogens with zero attached hydrogens (tertiary/aromatic N) is 3. The van der Waals surface area contributed by atoms with Crippen molar-refractivity contribution in [2.75, 3.05) is 32.7 Å². The summed E-state index contributed by atoms with van der Waals surface area (Å²) in [4.78, 5) is 30.8. The van der Waals surface area contributed by atoms with Crippen LogP contribution in [-0.4, -0.2) is 87.0 Å². The van der Waals surface area contributed by atoms with Gasteiger partial charge in [0.1, 0.15) is 5.82 Å². The Morgan fingerprint density at radius 1 is 0.805 bits per heavy atom. The van der Waals surface area contributed by atoms with E-state index in [0.717, 1.165) is 50.7 Å². The smallest absolute Gasteiger partial charge is 0.475 e. The van der Waals surface area contributed by atoms with Crippen LogP contribution in [0.1, 0.15) is 11.3 Å². The SMILES string of the molecule is C(=C\c1ccccc1)/CN1CCN(Cc2cnc(-c3ccccc3)[nH]2)CC1.O=C(O)C(F)(F)F.O=C(O)C(F)(F)F. The first-order valence-electron chi connectivity index (χ1n) is 12.1. The number of nitrogens with one attached hydrogen (secondary N) is 1. The molecule has 3 aromatic rings. The van der Waals surface area contributed by atoms with Gasteiger partial charge in [0, 0.05) is 56.7 Å². The zero-order valence-electron chi connectivity index (χ0n) is 21.6. The second-order valence-corrected chi connectivity index (χ2v) is 8.62. The molecule has 1 aliphatic heterocycles. The first-order valence-corrected chi connectivity index (χ1v) is 12.1. The normalized spacial score (nSPS) is 14.5. The van der Waals surface area contributed by atoms with Crippen molar-refractivity contribution in [3.8, 4) is 11.4 Å². The minimum atomic E-state index is -5.08. The van der Waals surface area contributed by atoms with Crippen molar-refractivity contribution in [2.45, 2.75) is 18.9 Å². The van der Waals surface area contributed by atoms with Gasteiger partial charge in [0.15, 0.2) is 0 Å². The lowest BCUT2D eigenvalue weighted by Gasteiger charge is -2.33. The maximum absolute atomic E-state index is 10.6. The van der Waals surface area contributed by atoms with Gasteiger partial charge in [0.2, 0.25) is 0 Å². The van der Waals surface area contributed by atoms with Crippen molar-refractivity contribution >= 4 is 18.0 Å². The Morgan fingerprint density at radius 2 is 1.27 bits per heavy atom. The summed E-state index contributed by atoms with van der Waals surface area (Å²) in [6.45, 7) is 6.37. The number of piperazine rings is 1. The molecular formula is C27H28F6N4O4. The lowest BCUT2D eigenvalue weighted by atomic mass is 10.2. The van der Waals surface area contributed by atoms with Crippen molar-refractivity contribution in [1.82, 2.24) is 19.8 Å². The van der Waals surface area contributed by atoms with Crippen LogP contribution < -0.4 is 0 Å². The lowest BCUT2D eigenvalue weighted by molar-refractivity contribution is -0.193. The van der Waals surface area contributed by atoms with Crippen LogP contribution in [0.25, 0.3) is 17.5 Å². The molecule has 0 amide bonds. The molecule has 0 spiro atoms. The van der Waals surface area contributed by atoms with Gasteiger partial charge in [-0.15, -0.1) is 0 Å². The number of halogens is 6. The molecule has 4 rings (SSSR count). The highest BCUT2D eigenvalue weighted by Crippen LogP contribution is 2.16. The summed E-state index contributed by atoms with van der Waals surface area (Å²) in [6, 6.07) is 20.8. The molecule has 1 saturated heterocycles. The first kappa shape index (κ1) is 33.0. The lowest BCUT2D eigenvalue weighted by Crippen LogP contribution is -2.45. The van der Waals surface area contributed by atoms with E-state index in [-0.39, 0.29) is 0 Å². The van der Waals surface area contributed by atoms with E-state index in [1.54, 1.807) is 0 Å². The quantitative estimate of drug-likeness (QED) is 0.342. The molecule has 1 aromatic heterocycles. The van der Waals surface area contributed by atoms with E-state index < -0.39 is 24.3 Å². The van der Waals surface area contributed by atoms with Crippen LogP contribution in [0.5, 0.6) is 0 Å². The largest absolute Gasteiger partial charge is 0.490 e. The zero-order valence-corrected chi connectivity index (χ0v) is 21.6. The molecule has 1 aliphatic rings. The van der Waals surface area contributed by atoms with Crippen LogP contribution in [0, 0.1) is 0 Å². The second-order valence-electron chi connectivity index (χ2n) is 8.62. The maximum atomic E-state index is 10.6. The zero-order chi connectivity index (χ0) is 30.5. The summed E-state index contributed by atoms with van der Waals surface area (Å²) >= 11 is 0. The van der Waals surface area contributed by atoms with E-state index >= 15 is 0 Å². The minimum absolute atomic E-state index is 0.938. The summed E-state index contributed by atoms with van der Waals surface area (Å²) in [5.41, 5.74) is 3.59. The molecule has 2 heterocycles. The summed E-state index contributed by atoms with van der Waals surface area (Å²) in [5.74, 6) is -4.56. The van der Waals surface area contributed by atoms with Crippen LogP contribution in [0.4, 0.5) is 26.3 Å². The number of carboxylic acid groups (broad SMARTS) is 2. The third-order valence-corrected chi connectivity index (χ3v) is 5.49. The van der Waals surface area contributed by atoms with Crippen molar-refractivity contribution in [3.05, 3.63) is 84.2 Å². The standard InChI is InChI=1S/C23H26N4.2C2HF3O2/c1-3-8-20(9-4-1)10-7-13-26-14-16-27(17-15-26)19-22-18-24-23(25-22)21-11-5-2-6-12-21;2*3-2(4,5)1(6)7/h1-12,18H,13-17,19H2,(H,24,25);2*(H,6,7)/b10-7+;;. The van der Waals surface area contributed by atoms with Crippen LogP contribution in [0.2, 0.25) is 0 Å². The highest BCUT2D eigenvalue weighted by Gasteiger charge is 2.38. The fourth-order valence-corrected chi connectivity index (χ4v) is 3.46. The van der Waals surface area contributed by atoms with E-state index in [1.165, 1.54) is 11.3 Å². The van der Waals surface area contributed by atoms with Gasteiger partial charge in [0.25, 0.3) is 0 Å². The van der Waals surface area contributed by atoms with Crippen molar-refractivity contribution < 1.29 is 46.1 Å². The summed E-state index contributed by atoms with van der Waals surface area (Å²) in [7, 11) is 0. The summed E-state index contributed by atoms with van der Waals surface area (Å²) < 4.78 is 63.5. The number of rotatable bonds is 6. The molecule has 0 atom stereocenters. The Hall–Kier alpha value is -4.17. The van der Waals surface area contributed by atoms with Gasteiger partial charge >= 0.3 is 24.3 Å². The Morgan fingerprint density at radius 3 is 1.76 bits per heavy atom. The molecule has 0 unspecified atom stereocenters. The van der Waals surface area contributed by atoms with Crippen LogP contribution in [0.3, 0.4) is 0 Å². The highest BCUT2D eigenvalue weighted by atomic mass is 19.4. The highest BCUT2D eigenvalue weighted by molar-refractivity contribution is 5.73. The Labute approximate surface area is 231 Å². The molecule has 222 valence electrons. The molecule has 8 nitrogen and oxygen atoms in total. The van der Waals surface area contributed by atoms with Gasteiger partial charge in [-0.2, -0.15) is 26.3 Å². The summed E-state index contributed by atoms with van der Waals surface area (Å²) in [6.07, 6.45) is -3.72. The third-order valence-electron chi connectivity index (χ3n) is 5.49. The molecule has 0 saturated carbocycles. The van der Waals surface area contributed by atoms with Gasteiger partial charge in [0.05, 0.1) is 0 Å². The van der Waals surface area contributed by atoms with Crippen molar-refractivity contribution in [2.24, 2.45) is 0 Å². The number of benzene rings is 2. The Balaban J connectivity index is 0.000000349. The van der Waals surface area contributed by atoms with Crippen LogP contribution in [-0.2, 0) is 16.1 Å². The molecule has 3 N–H and O–H groups in total. The third kappa shape index (κ3) is 12.7. The Kier molecular flexibility index (Phi) is 12.5.